The maximum absolute atomic E-state index is 12.1. The average molecular weight is 332 g/mol. The molecule has 1 aliphatic rings. The monoisotopic (exact) mass is 332 g/mol. The molecule has 0 aliphatic carbocycles. The summed E-state index contributed by atoms with van der Waals surface area (Å²) in [5.41, 5.74) is 0. The Morgan fingerprint density at radius 1 is 1.14 bits per heavy atom. The second-order valence-electron chi connectivity index (χ2n) is 5.03. The van der Waals surface area contributed by atoms with Crippen molar-refractivity contribution < 1.29 is 26.4 Å². The number of hydrogen-bond acceptors (Lipinski definition) is 6. The van der Waals surface area contributed by atoms with E-state index in [0.717, 1.165) is 6.26 Å². The van der Waals surface area contributed by atoms with E-state index in [2.05, 4.69) is 0 Å². The van der Waals surface area contributed by atoms with E-state index in [-0.39, 0.29) is 28.1 Å². The number of rotatable bonds is 5. The molecular formula is C13H16O6S2. The van der Waals surface area contributed by atoms with Gasteiger partial charge >= 0.3 is 0 Å². The van der Waals surface area contributed by atoms with Crippen LogP contribution in [-0.2, 0) is 29.2 Å². The highest BCUT2D eigenvalue weighted by atomic mass is 32.2. The van der Waals surface area contributed by atoms with Gasteiger partial charge in [-0.05, 0) is 30.7 Å². The molecule has 0 saturated carbocycles. The molecular weight excluding hydrogens is 316 g/mol. The maximum Gasteiger partial charge on any atom is 0.185 e. The molecule has 1 aromatic rings. The van der Waals surface area contributed by atoms with Crippen molar-refractivity contribution >= 4 is 25.5 Å². The molecule has 2 rings (SSSR count). The Balaban J connectivity index is 2.17. The van der Waals surface area contributed by atoms with E-state index in [4.69, 9.17) is 4.74 Å². The number of benzene rings is 1. The zero-order valence-electron chi connectivity index (χ0n) is 11.5. The van der Waals surface area contributed by atoms with E-state index in [1.807, 2.05) is 0 Å². The lowest BCUT2D eigenvalue weighted by Gasteiger charge is -2.08. The van der Waals surface area contributed by atoms with Gasteiger partial charge in [0.25, 0.3) is 0 Å². The van der Waals surface area contributed by atoms with Crippen molar-refractivity contribution in [2.24, 2.45) is 5.92 Å². The summed E-state index contributed by atoms with van der Waals surface area (Å²) in [5.74, 6) is -1.31. The summed E-state index contributed by atoms with van der Waals surface area (Å²) in [6, 6.07) is 4.88. The summed E-state index contributed by atoms with van der Waals surface area (Å²) in [5, 5.41) is 0. The van der Waals surface area contributed by atoms with E-state index in [9.17, 15) is 21.6 Å². The third kappa shape index (κ3) is 3.90. The van der Waals surface area contributed by atoms with Crippen LogP contribution in [0.4, 0.5) is 0 Å². The number of Topliss-reactive ketones (excluding diaryl/α,β-unsaturated/α-hetero) is 1. The molecule has 1 atom stereocenters. The number of sulfone groups is 2. The number of carbonyl (C=O) groups excluding carboxylic acids is 1. The van der Waals surface area contributed by atoms with Gasteiger partial charge < -0.3 is 4.74 Å². The number of carbonyl (C=O) groups is 1. The van der Waals surface area contributed by atoms with Crippen LogP contribution < -0.4 is 0 Å². The van der Waals surface area contributed by atoms with Gasteiger partial charge in [-0.15, -0.1) is 0 Å². The molecule has 0 amide bonds. The first-order valence-electron chi connectivity index (χ1n) is 6.33. The van der Waals surface area contributed by atoms with E-state index >= 15 is 0 Å². The first kappa shape index (κ1) is 16.1. The van der Waals surface area contributed by atoms with Crippen LogP contribution in [0.1, 0.15) is 6.42 Å². The van der Waals surface area contributed by atoms with Gasteiger partial charge in [0, 0.05) is 18.8 Å². The van der Waals surface area contributed by atoms with Gasteiger partial charge in [0.05, 0.1) is 16.4 Å². The number of ketones is 1. The van der Waals surface area contributed by atoms with Crippen molar-refractivity contribution in [2.75, 3.05) is 25.2 Å². The average Bonchev–Trinajstić information content (AvgIpc) is 2.91. The molecule has 1 aromatic carbocycles. The van der Waals surface area contributed by atoms with Crippen molar-refractivity contribution in [3.8, 4) is 0 Å². The fourth-order valence-electron chi connectivity index (χ4n) is 2.07. The molecule has 21 heavy (non-hydrogen) atoms. The lowest BCUT2D eigenvalue weighted by Crippen LogP contribution is -2.24. The Hall–Kier alpha value is -1.25. The summed E-state index contributed by atoms with van der Waals surface area (Å²) >= 11 is 0. The summed E-state index contributed by atoms with van der Waals surface area (Å²) in [7, 11) is -7.14. The van der Waals surface area contributed by atoms with Crippen molar-refractivity contribution in [1.29, 1.82) is 0 Å². The Labute approximate surface area is 124 Å². The smallest absolute Gasteiger partial charge is 0.185 e. The van der Waals surface area contributed by atoms with Crippen LogP contribution in [0.2, 0.25) is 0 Å². The summed E-state index contributed by atoms with van der Waals surface area (Å²) < 4.78 is 52.0. The van der Waals surface area contributed by atoms with E-state index in [0.29, 0.717) is 13.0 Å². The van der Waals surface area contributed by atoms with Gasteiger partial charge in [0.2, 0.25) is 0 Å². The highest BCUT2D eigenvalue weighted by Crippen LogP contribution is 2.19. The van der Waals surface area contributed by atoms with Gasteiger partial charge in [0.15, 0.2) is 25.5 Å². The molecule has 116 valence electrons. The van der Waals surface area contributed by atoms with Crippen LogP contribution in [0.25, 0.3) is 0 Å². The topological polar surface area (TPSA) is 94.6 Å². The lowest BCUT2D eigenvalue weighted by atomic mass is 10.1. The SMILES string of the molecule is CS(=O)(=O)c1ccc(S(=O)(=O)CC(=O)C2CCOC2)cc1. The normalized spacial score (nSPS) is 19.6. The quantitative estimate of drug-likeness (QED) is 0.778. The minimum absolute atomic E-state index is 0.0389. The van der Waals surface area contributed by atoms with Crippen LogP contribution >= 0.6 is 0 Å². The second-order valence-corrected chi connectivity index (χ2v) is 9.03. The van der Waals surface area contributed by atoms with Crippen LogP contribution in [0, 0.1) is 5.92 Å². The van der Waals surface area contributed by atoms with E-state index in [1.54, 1.807) is 0 Å². The second kappa shape index (κ2) is 5.86. The van der Waals surface area contributed by atoms with E-state index < -0.39 is 25.4 Å². The summed E-state index contributed by atoms with van der Waals surface area (Å²) in [6.45, 7) is 0.737. The largest absolute Gasteiger partial charge is 0.381 e. The third-order valence-corrected chi connectivity index (χ3v) is 6.11. The van der Waals surface area contributed by atoms with Crippen molar-refractivity contribution in [3.05, 3.63) is 24.3 Å². The van der Waals surface area contributed by atoms with Crippen LogP contribution in [-0.4, -0.2) is 47.8 Å². The molecule has 0 spiro atoms. The molecule has 0 bridgehead atoms. The predicted molar refractivity (Wildman–Crippen MR) is 75.5 cm³/mol. The first-order valence-corrected chi connectivity index (χ1v) is 9.88. The molecule has 0 N–H and O–H groups in total. The molecule has 6 nitrogen and oxygen atoms in total. The minimum atomic E-state index is -3.76. The predicted octanol–water partition coefficient (Wildman–Crippen LogP) is 0.469. The molecule has 8 heteroatoms. The van der Waals surface area contributed by atoms with Crippen molar-refractivity contribution in [3.63, 3.8) is 0 Å². The lowest BCUT2D eigenvalue weighted by molar-refractivity contribution is -0.120. The highest BCUT2D eigenvalue weighted by molar-refractivity contribution is 7.92. The minimum Gasteiger partial charge on any atom is -0.381 e. The van der Waals surface area contributed by atoms with Gasteiger partial charge in [-0.25, -0.2) is 16.8 Å². The fraction of sp³-hybridized carbons (Fsp3) is 0.462. The zero-order chi connectivity index (χ0) is 15.7. The number of ether oxygens (including phenoxy) is 1. The first-order chi connectivity index (χ1) is 9.70. The molecule has 0 radical (unpaired) electrons. The summed E-state index contributed by atoms with van der Waals surface area (Å²) in [6.07, 6.45) is 1.58. The maximum atomic E-state index is 12.1. The molecule has 0 aromatic heterocycles. The summed E-state index contributed by atoms with van der Waals surface area (Å²) in [4.78, 5) is 11.9. The standard InChI is InChI=1S/C13H16O6S2/c1-20(15,16)11-2-4-12(5-3-11)21(17,18)9-13(14)10-6-7-19-8-10/h2-5,10H,6-9H2,1H3. The highest BCUT2D eigenvalue weighted by Gasteiger charge is 2.28. The Bertz CT molecular complexity index is 725. The number of hydrogen-bond donors (Lipinski definition) is 0. The van der Waals surface area contributed by atoms with Gasteiger partial charge in [0.1, 0.15) is 5.75 Å². The Kier molecular flexibility index (Phi) is 4.50. The molecule has 1 fully saturated rings. The zero-order valence-corrected chi connectivity index (χ0v) is 13.1. The Morgan fingerprint density at radius 3 is 2.19 bits per heavy atom. The van der Waals surface area contributed by atoms with Crippen LogP contribution in [0.5, 0.6) is 0 Å². The van der Waals surface area contributed by atoms with Crippen LogP contribution in [0.3, 0.4) is 0 Å². The van der Waals surface area contributed by atoms with Gasteiger partial charge in [-0.2, -0.15) is 0 Å². The van der Waals surface area contributed by atoms with Gasteiger partial charge in [-0.3, -0.25) is 4.79 Å². The van der Waals surface area contributed by atoms with Crippen LogP contribution in [0.15, 0.2) is 34.1 Å². The van der Waals surface area contributed by atoms with Gasteiger partial charge in [-0.1, -0.05) is 0 Å². The Morgan fingerprint density at radius 2 is 1.71 bits per heavy atom. The van der Waals surface area contributed by atoms with Crippen molar-refractivity contribution in [1.82, 2.24) is 0 Å². The van der Waals surface area contributed by atoms with E-state index in [1.165, 1.54) is 24.3 Å². The molecule has 1 saturated heterocycles. The molecule has 1 aliphatic heterocycles. The third-order valence-electron chi connectivity index (χ3n) is 3.33. The molecule has 1 unspecified atom stereocenters. The fourth-order valence-corrected chi connectivity index (χ4v) is 4.03. The molecule has 1 heterocycles. The van der Waals surface area contributed by atoms with Crippen molar-refractivity contribution in [2.45, 2.75) is 16.2 Å².